The zero-order valence-corrected chi connectivity index (χ0v) is 10.4. The van der Waals surface area contributed by atoms with Gasteiger partial charge < -0.3 is 5.32 Å². The second-order valence-corrected chi connectivity index (χ2v) is 3.77. The van der Waals surface area contributed by atoms with Crippen molar-refractivity contribution in [2.45, 2.75) is 13.3 Å². The van der Waals surface area contributed by atoms with Crippen LogP contribution >= 0.6 is 0 Å². The fraction of sp³-hybridized carbons (Fsp3) is 0.214. The predicted octanol–water partition coefficient (Wildman–Crippen LogP) is 2.89. The minimum Gasteiger partial charge on any atom is -0.352 e. The summed E-state index contributed by atoms with van der Waals surface area (Å²) in [7, 11) is 0. The lowest BCUT2D eigenvalue weighted by molar-refractivity contribution is -0.116. The molecule has 102 valence electrons. The lowest BCUT2D eigenvalue weighted by Crippen LogP contribution is -2.24. The molecule has 0 aromatic heterocycles. The first kappa shape index (κ1) is 15.0. The van der Waals surface area contributed by atoms with Crippen molar-refractivity contribution in [3.05, 3.63) is 59.5 Å². The second-order valence-electron chi connectivity index (χ2n) is 3.77. The van der Waals surface area contributed by atoms with Crippen molar-refractivity contribution in [3.63, 3.8) is 0 Å². The van der Waals surface area contributed by atoms with E-state index in [2.05, 4.69) is 5.32 Å². The molecule has 0 aliphatic heterocycles. The molecule has 0 radical (unpaired) electrons. The molecular weight excluding hydrogens is 255 g/mol. The lowest BCUT2D eigenvalue weighted by atomic mass is 10.1. The van der Waals surface area contributed by atoms with E-state index in [-0.39, 0.29) is 24.4 Å². The van der Waals surface area contributed by atoms with Crippen LogP contribution in [0.2, 0.25) is 0 Å². The molecule has 0 bridgehead atoms. The average Bonchev–Trinajstić information content (AvgIpc) is 2.32. The predicted molar refractivity (Wildman–Crippen MR) is 67.0 cm³/mol. The summed E-state index contributed by atoms with van der Waals surface area (Å²) in [5, 5.41) is 2.47. The Hall–Kier alpha value is -2.04. The number of halogens is 3. The molecule has 5 heteroatoms. The first-order chi connectivity index (χ1) is 9.04. The summed E-state index contributed by atoms with van der Waals surface area (Å²) in [6.07, 6.45) is 6.25. The van der Waals surface area contributed by atoms with E-state index in [0.29, 0.717) is 12.1 Å². The van der Waals surface area contributed by atoms with Crippen LogP contribution in [0.1, 0.15) is 12.5 Å². The minimum atomic E-state index is -0.961. The van der Waals surface area contributed by atoms with Crippen molar-refractivity contribution >= 4 is 5.91 Å². The molecule has 0 spiro atoms. The summed E-state index contributed by atoms with van der Waals surface area (Å²) in [6, 6.07) is 1.23. The van der Waals surface area contributed by atoms with Gasteiger partial charge in [0.2, 0.25) is 5.91 Å². The maximum Gasteiger partial charge on any atom is 0.243 e. The van der Waals surface area contributed by atoms with Crippen LogP contribution in [-0.4, -0.2) is 12.5 Å². The van der Waals surface area contributed by atoms with Crippen LogP contribution in [0, 0.1) is 17.5 Å². The molecule has 1 N–H and O–H groups in total. The Morgan fingerprint density at radius 1 is 1.21 bits per heavy atom. The second kappa shape index (κ2) is 7.41. The van der Waals surface area contributed by atoms with E-state index >= 15 is 0 Å². The molecule has 0 saturated heterocycles. The molecular formula is C14H14F3NO. The number of carbonyl (C=O) groups excluding carboxylic acids is 1. The van der Waals surface area contributed by atoms with Crippen LogP contribution in [-0.2, 0) is 11.2 Å². The first-order valence-corrected chi connectivity index (χ1v) is 5.75. The molecule has 0 fully saturated rings. The van der Waals surface area contributed by atoms with Crippen molar-refractivity contribution in [1.82, 2.24) is 5.32 Å². The molecule has 0 aliphatic rings. The van der Waals surface area contributed by atoms with Gasteiger partial charge in [-0.1, -0.05) is 18.2 Å². The SMILES string of the molecule is C/C=C/C=C/C(=O)NCCc1c(F)cc(F)cc1F. The summed E-state index contributed by atoms with van der Waals surface area (Å²) < 4.78 is 39.2. The maximum atomic E-state index is 13.3. The molecule has 0 unspecified atom stereocenters. The number of allylic oxidation sites excluding steroid dienone is 3. The van der Waals surface area contributed by atoms with Gasteiger partial charge in [0.1, 0.15) is 17.5 Å². The van der Waals surface area contributed by atoms with E-state index < -0.39 is 17.5 Å². The fourth-order valence-electron chi connectivity index (χ4n) is 1.43. The Bertz CT molecular complexity index is 486. The molecule has 0 heterocycles. The third-order valence-electron chi connectivity index (χ3n) is 2.33. The third-order valence-corrected chi connectivity index (χ3v) is 2.33. The van der Waals surface area contributed by atoms with Gasteiger partial charge in [0.05, 0.1) is 0 Å². The summed E-state index contributed by atoms with van der Waals surface area (Å²) in [6.45, 7) is 1.88. The van der Waals surface area contributed by atoms with Crippen LogP contribution in [0.3, 0.4) is 0 Å². The summed E-state index contributed by atoms with van der Waals surface area (Å²) in [5.41, 5.74) is -0.237. The highest BCUT2D eigenvalue weighted by molar-refractivity contribution is 5.87. The van der Waals surface area contributed by atoms with Crippen molar-refractivity contribution in [1.29, 1.82) is 0 Å². The van der Waals surface area contributed by atoms with Crippen LogP contribution in [0.5, 0.6) is 0 Å². The Kier molecular flexibility index (Phi) is 5.85. The van der Waals surface area contributed by atoms with E-state index in [0.717, 1.165) is 0 Å². The molecule has 0 atom stereocenters. The molecule has 19 heavy (non-hydrogen) atoms. The van der Waals surface area contributed by atoms with Gasteiger partial charge in [-0.2, -0.15) is 0 Å². The van der Waals surface area contributed by atoms with Gasteiger partial charge in [-0.3, -0.25) is 4.79 Å². The van der Waals surface area contributed by atoms with E-state index in [9.17, 15) is 18.0 Å². The number of carbonyl (C=O) groups is 1. The van der Waals surface area contributed by atoms with Crippen LogP contribution in [0.15, 0.2) is 36.4 Å². The number of hydrogen-bond acceptors (Lipinski definition) is 1. The topological polar surface area (TPSA) is 29.1 Å². The van der Waals surface area contributed by atoms with Gasteiger partial charge in [0, 0.05) is 30.3 Å². The minimum absolute atomic E-state index is 0.0405. The Labute approximate surface area is 109 Å². The average molecular weight is 269 g/mol. The van der Waals surface area contributed by atoms with Crippen LogP contribution in [0.25, 0.3) is 0 Å². The summed E-state index contributed by atoms with van der Waals surface area (Å²) in [5.74, 6) is -3.22. The molecule has 1 aromatic carbocycles. The summed E-state index contributed by atoms with van der Waals surface area (Å²) >= 11 is 0. The van der Waals surface area contributed by atoms with Crippen LogP contribution < -0.4 is 5.32 Å². The number of benzene rings is 1. The van der Waals surface area contributed by atoms with E-state index in [1.54, 1.807) is 18.2 Å². The van der Waals surface area contributed by atoms with Crippen molar-refractivity contribution in [2.75, 3.05) is 6.54 Å². The Morgan fingerprint density at radius 3 is 2.42 bits per heavy atom. The molecule has 1 rings (SSSR count). The van der Waals surface area contributed by atoms with Gasteiger partial charge in [-0.25, -0.2) is 13.2 Å². The zero-order chi connectivity index (χ0) is 14.3. The molecule has 1 aromatic rings. The standard InChI is InChI=1S/C14H14F3NO/c1-2-3-4-5-14(19)18-7-6-11-12(16)8-10(15)9-13(11)17/h2-5,8-9H,6-7H2,1H3,(H,18,19)/b3-2+,5-4+. The normalized spacial score (nSPS) is 11.4. The lowest BCUT2D eigenvalue weighted by Gasteiger charge is -2.05. The molecule has 2 nitrogen and oxygen atoms in total. The van der Waals surface area contributed by atoms with Gasteiger partial charge in [0.15, 0.2) is 0 Å². The molecule has 0 aliphatic carbocycles. The molecule has 0 saturated carbocycles. The molecule has 1 amide bonds. The largest absolute Gasteiger partial charge is 0.352 e. The number of nitrogens with one attached hydrogen (secondary N) is 1. The van der Waals surface area contributed by atoms with Crippen molar-refractivity contribution in [3.8, 4) is 0 Å². The smallest absolute Gasteiger partial charge is 0.243 e. The van der Waals surface area contributed by atoms with E-state index in [4.69, 9.17) is 0 Å². The monoisotopic (exact) mass is 269 g/mol. The van der Waals surface area contributed by atoms with Gasteiger partial charge in [-0.15, -0.1) is 0 Å². The highest BCUT2D eigenvalue weighted by Crippen LogP contribution is 2.14. The number of amides is 1. The Balaban J connectivity index is 2.52. The zero-order valence-electron chi connectivity index (χ0n) is 10.4. The summed E-state index contributed by atoms with van der Waals surface area (Å²) in [4.78, 5) is 11.3. The van der Waals surface area contributed by atoms with E-state index in [1.165, 1.54) is 6.08 Å². The van der Waals surface area contributed by atoms with Crippen molar-refractivity contribution < 1.29 is 18.0 Å². The van der Waals surface area contributed by atoms with Gasteiger partial charge in [0.25, 0.3) is 0 Å². The number of hydrogen-bond donors (Lipinski definition) is 1. The van der Waals surface area contributed by atoms with Gasteiger partial charge in [-0.05, 0) is 13.3 Å². The highest BCUT2D eigenvalue weighted by atomic mass is 19.1. The number of rotatable bonds is 5. The maximum absolute atomic E-state index is 13.3. The van der Waals surface area contributed by atoms with Crippen LogP contribution in [0.4, 0.5) is 13.2 Å². The third kappa shape index (κ3) is 4.99. The van der Waals surface area contributed by atoms with Gasteiger partial charge >= 0.3 is 0 Å². The quantitative estimate of drug-likeness (QED) is 0.646. The van der Waals surface area contributed by atoms with E-state index in [1.807, 2.05) is 6.92 Å². The fourth-order valence-corrected chi connectivity index (χ4v) is 1.43. The first-order valence-electron chi connectivity index (χ1n) is 5.75. The van der Waals surface area contributed by atoms with Crippen molar-refractivity contribution in [2.24, 2.45) is 0 Å². The Morgan fingerprint density at radius 2 is 1.84 bits per heavy atom. The highest BCUT2D eigenvalue weighted by Gasteiger charge is 2.11.